The normalized spacial score (nSPS) is 10.8. The SMILES string of the molecule is CCSc1ccc(C(=O)C=Cc2ccccc2)cc1. The van der Waals surface area contributed by atoms with E-state index in [1.165, 1.54) is 4.90 Å². The first-order valence-electron chi connectivity index (χ1n) is 6.30. The molecule has 96 valence electrons. The maximum absolute atomic E-state index is 12.0. The molecule has 0 fully saturated rings. The summed E-state index contributed by atoms with van der Waals surface area (Å²) in [6.07, 6.45) is 3.47. The molecule has 0 aliphatic rings. The van der Waals surface area contributed by atoms with E-state index in [0.29, 0.717) is 0 Å². The molecule has 0 amide bonds. The smallest absolute Gasteiger partial charge is 0.185 e. The van der Waals surface area contributed by atoms with Crippen LogP contribution in [0.5, 0.6) is 0 Å². The summed E-state index contributed by atoms with van der Waals surface area (Å²) in [6.45, 7) is 2.12. The molecule has 0 heterocycles. The largest absolute Gasteiger partial charge is 0.289 e. The van der Waals surface area contributed by atoms with Crippen LogP contribution >= 0.6 is 11.8 Å². The Morgan fingerprint density at radius 3 is 2.37 bits per heavy atom. The van der Waals surface area contributed by atoms with Gasteiger partial charge in [0.05, 0.1) is 0 Å². The highest BCUT2D eigenvalue weighted by molar-refractivity contribution is 7.99. The molecule has 0 aliphatic carbocycles. The second-order valence-corrected chi connectivity index (χ2v) is 5.40. The molecule has 19 heavy (non-hydrogen) atoms. The zero-order valence-corrected chi connectivity index (χ0v) is 11.7. The summed E-state index contributed by atoms with van der Waals surface area (Å²) >= 11 is 1.78. The van der Waals surface area contributed by atoms with E-state index in [9.17, 15) is 4.79 Å². The van der Waals surface area contributed by atoms with Crippen molar-refractivity contribution in [2.45, 2.75) is 11.8 Å². The van der Waals surface area contributed by atoms with E-state index >= 15 is 0 Å². The molecule has 0 aromatic heterocycles. The number of allylic oxidation sites excluding steroid dienone is 1. The Balaban J connectivity index is 2.05. The molecular weight excluding hydrogens is 252 g/mol. The number of rotatable bonds is 5. The van der Waals surface area contributed by atoms with Gasteiger partial charge in [0.25, 0.3) is 0 Å². The number of carbonyl (C=O) groups excluding carboxylic acids is 1. The summed E-state index contributed by atoms with van der Waals surface area (Å²) in [6, 6.07) is 17.6. The summed E-state index contributed by atoms with van der Waals surface area (Å²) in [4.78, 5) is 13.2. The molecular formula is C17H16OS. The molecule has 0 N–H and O–H groups in total. The highest BCUT2D eigenvalue weighted by Crippen LogP contribution is 2.18. The minimum atomic E-state index is 0.0388. The van der Waals surface area contributed by atoms with Crippen LogP contribution in [0.3, 0.4) is 0 Å². The molecule has 0 aliphatic heterocycles. The molecule has 0 atom stereocenters. The average Bonchev–Trinajstić information content (AvgIpc) is 2.47. The summed E-state index contributed by atoms with van der Waals surface area (Å²) < 4.78 is 0. The molecule has 1 nitrogen and oxygen atoms in total. The minimum Gasteiger partial charge on any atom is -0.289 e. The fourth-order valence-electron chi connectivity index (χ4n) is 1.71. The lowest BCUT2D eigenvalue weighted by atomic mass is 10.1. The molecule has 2 aromatic carbocycles. The van der Waals surface area contributed by atoms with Crippen LogP contribution in [0.15, 0.2) is 65.6 Å². The first kappa shape index (κ1) is 13.6. The molecule has 0 spiro atoms. The van der Waals surface area contributed by atoms with Crippen LogP contribution in [0.4, 0.5) is 0 Å². The molecule has 2 rings (SSSR count). The molecule has 0 radical (unpaired) electrons. The Hall–Kier alpha value is -1.80. The van der Waals surface area contributed by atoms with Crippen molar-refractivity contribution in [3.63, 3.8) is 0 Å². The van der Waals surface area contributed by atoms with E-state index in [4.69, 9.17) is 0 Å². The topological polar surface area (TPSA) is 17.1 Å². The van der Waals surface area contributed by atoms with Crippen molar-refractivity contribution in [2.24, 2.45) is 0 Å². The third-order valence-electron chi connectivity index (χ3n) is 2.68. The van der Waals surface area contributed by atoms with E-state index in [2.05, 4.69) is 6.92 Å². The molecule has 2 heteroatoms. The lowest BCUT2D eigenvalue weighted by Gasteiger charge is -2.00. The van der Waals surface area contributed by atoms with E-state index in [-0.39, 0.29) is 5.78 Å². The van der Waals surface area contributed by atoms with Crippen LogP contribution in [0.25, 0.3) is 6.08 Å². The van der Waals surface area contributed by atoms with Gasteiger partial charge >= 0.3 is 0 Å². The predicted molar refractivity (Wildman–Crippen MR) is 82.6 cm³/mol. The molecule has 0 bridgehead atoms. The van der Waals surface area contributed by atoms with Gasteiger partial charge in [0.2, 0.25) is 0 Å². The van der Waals surface area contributed by atoms with Gasteiger partial charge < -0.3 is 0 Å². The zero-order chi connectivity index (χ0) is 13.5. The first-order chi connectivity index (χ1) is 9.29. The molecule has 0 saturated carbocycles. The van der Waals surface area contributed by atoms with Gasteiger partial charge in [-0.05, 0) is 41.7 Å². The lowest BCUT2D eigenvalue weighted by Crippen LogP contribution is -1.93. The quantitative estimate of drug-likeness (QED) is 0.444. The fourth-order valence-corrected chi connectivity index (χ4v) is 2.38. The molecule has 0 saturated heterocycles. The van der Waals surface area contributed by atoms with E-state index in [1.807, 2.05) is 60.7 Å². The highest BCUT2D eigenvalue weighted by Gasteiger charge is 2.01. The van der Waals surface area contributed by atoms with Gasteiger partial charge in [-0.2, -0.15) is 0 Å². The Bertz CT molecular complexity index is 556. The van der Waals surface area contributed by atoms with Crippen LogP contribution < -0.4 is 0 Å². The fraction of sp³-hybridized carbons (Fsp3) is 0.118. The Morgan fingerprint density at radius 1 is 1.05 bits per heavy atom. The van der Waals surface area contributed by atoms with Crippen LogP contribution in [-0.2, 0) is 0 Å². The van der Waals surface area contributed by atoms with Gasteiger partial charge in [-0.1, -0.05) is 43.3 Å². The summed E-state index contributed by atoms with van der Waals surface area (Å²) in [5, 5.41) is 0. The van der Waals surface area contributed by atoms with Gasteiger partial charge in [-0.25, -0.2) is 0 Å². The van der Waals surface area contributed by atoms with Crippen LogP contribution in [0.1, 0.15) is 22.8 Å². The number of ketones is 1. The third kappa shape index (κ3) is 4.11. The van der Waals surface area contributed by atoms with Crippen LogP contribution in [0.2, 0.25) is 0 Å². The van der Waals surface area contributed by atoms with Crippen LogP contribution in [-0.4, -0.2) is 11.5 Å². The Labute approximate surface area is 118 Å². The number of hydrogen-bond donors (Lipinski definition) is 0. The lowest BCUT2D eigenvalue weighted by molar-refractivity contribution is 0.104. The molecule has 0 unspecified atom stereocenters. The van der Waals surface area contributed by atoms with Crippen molar-refractivity contribution in [3.05, 3.63) is 71.8 Å². The van der Waals surface area contributed by atoms with Gasteiger partial charge in [-0.15, -0.1) is 11.8 Å². The van der Waals surface area contributed by atoms with Gasteiger partial charge in [0, 0.05) is 10.5 Å². The molecule has 2 aromatic rings. The summed E-state index contributed by atoms with van der Waals surface area (Å²) in [5.41, 5.74) is 1.77. The second-order valence-electron chi connectivity index (χ2n) is 4.07. The van der Waals surface area contributed by atoms with Crippen molar-refractivity contribution in [2.75, 3.05) is 5.75 Å². The summed E-state index contributed by atoms with van der Waals surface area (Å²) in [5.74, 6) is 1.08. The van der Waals surface area contributed by atoms with Gasteiger partial charge in [0.1, 0.15) is 0 Å². The van der Waals surface area contributed by atoms with Crippen molar-refractivity contribution < 1.29 is 4.79 Å². The maximum atomic E-state index is 12.0. The number of carbonyl (C=O) groups is 1. The van der Waals surface area contributed by atoms with Gasteiger partial charge in [-0.3, -0.25) is 4.79 Å². The van der Waals surface area contributed by atoms with Crippen molar-refractivity contribution in [3.8, 4) is 0 Å². The van der Waals surface area contributed by atoms with E-state index < -0.39 is 0 Å². The number of hydrogen-bond acceptors (Lipinski definition) is 2. The maximum Gasteiger partial charge on any atom is 0.185 e. The average molecular weight is 268 g/mol. The van der Waals surface area contributed by atoms with Crippen molar-refractivity contribution in [1.82, 2.24) is 0 Å². The van der Waals surface area contributed by atoms with E-state index in [1.54, 1.807) is 17.8 Å². The van der Waals surface area contributed by atoms with Crippen molar-refractivity contribution in [1.29, 1.82) is 0 Å². The Kier molecular flexibility index (Phi) is 4.99. The monoisotopic (exact) mass is 268 g/mol. The minimum absolute atomic E-state index is 0.0388. The van der Waals surface area contributed by atoms with Crippen LogP contribution in [0, 0.1) is 0 Å². The van der Waals surface area contributed by atoms with Gasteiger partial charge in [0.15, 0.2) is 5.78 Å². The summed E-state index contributed by atoms with van der Waals surface area (Å²) in [7, 11) is 0. The second kappa shape index (κ2) is 6.95. The van der Waals surface area contributed by atoms with E-state index in [0.717, 1.165) is 16.9 Å². The Morgan fingerprint density at radius 2 is 1.74 bits per heavy atom. The third-order valence-corrected chi connectivity index (χ3v) is 3.57. The predicted octanol–water partition coefficient (Wildman–Crippen LogP) is 4.69. The zero-order valence-electron chi connectivity index (χ0n) is 10.9. The highest BCUT2D eigenvalue weighted by atomic mass is 32.2. The standard InChI is InChI=1S/C17H16OS/c1-2-19-16-11-9-15(10-12-16)17(18)13-8-14-6-4-3-5-7-14/h3-13H,2H2,1H3. The first-order valence-corrected chi connectivity index (χ1v) is 7.28. The van der Waals surface area contributed by atoms with Crippen molar-refractivity contribution >= 4 is 23.6 Å². The number of benzene rings is 2. The number of thioether (sulfide) groups is 1.